The van der Waals surface area contributed by atoms with Gasteiger partial charge in [0.25, 0.3) is 0 Å². The number of fused-ring (bicyclic) bond motifs is 1. The lowest BCUT2D eigenvalue weighted by Crippen LogP contribution is -2.12. The number of aromatic carboxylic acids is 1. The number of carbonyl (C=O) groups is 1. The normalized spacial score (nSPS) is 11.7. The molecule has 0 spiro atoms. The second-order valence-electron chi connectivity index (χ2n) is 4.60. The maximum absolute atomic E-state index is 14.3. The van der Waals surface area contributed by atoms with Gasteiger partial charge >= 0.3 is 5.97 Å². The number of rotatable bonds is 3. The Hall–Kier alpha value is -2.85. The maximum atomic E-state index is 14.3. The summed E-state index contributed by atoms with van der Waals surface area (Å²) < 4.78 is 37.9. The van der Waals surface area contributed by atoms with Crippen LogP contribution >= 0.6 is 0 Å². The fraction of sp³-hybridized carbons (Fsp3) is 0. The number of nitrogens with zero attached hydrogens (tertiary/aromatic N) is 3. The van der Waals surface area contributed by atoms with Crippen LogP contribution in [0.2, 0.25) is 0 Å². The van der Waals surface area contributed by atoms with Crippen molar-refractivity contribution in [2.75, 3.05) is 0 Å². The van der Waals surface area contributed by atoms with Crippen molar-refractivity contribution in [2.24, 2.45) is 5.14 Å². The van der Waals surface area contributed by atoms with Crippen LogP contribution in [0.15, 0.2) is 41.6 Å². The third-order valence-electron chi connectivity index (χ3n) is 3.13. The van der Waals surface area contributed by atoms with E-state index in [1.54, 1.807) is 0 Å². The number of primary sulfonamides is 1. The summed E-state index contributed by atoms with van der Waals surface area (Å²) in [5, 5.41) is 18.3. The molecule has 8 nitrogen and oxygen atoms in total. The molecule has 0 bridgehead atoms. The van der Waals surface area contributed by atoms with Crippen LogP contribution in [0.4, 0.5) is 4.39 Å². The van der Waals surface area contributed by atoms with Gasteiger partial charge in [0, 0.05) is 18.0 Å². The standard InChI is InChI=1S/C13H9FN4O4S/c14-9-6-7(23(15,21)22)2-3-8(9)11-10(13(19)20)12-16-4-1-5-18(12)17-11/h1-6H,(H,19,20)(H2,15,21,22). The van der Waals surface area contributed by atoms with Crippen LogP contribution < -0.4 is 5.14 Å². The molecule has 0 amide bonds. The fourth-order valence-electron chi connectivity index (χ4n) is 2.14. The fourth-order valence-corrected chi connectivity index (χ4v) is 2.66. The quantitative estimate of drug-likeness (QED) is 0.731. The number of benzene rings is 1. The first-order valence-electron chi connectivity index (χ1n) is 6.18. The molecule has 0 unspecified atom stereocenters. The molecule has 3 N–H and O–H groups in total. The van der Waals surface area contributed by atoms with Gasteiger partial charge in [0.1, 0.15) is 17.1 Å². The molecule has 3 aromatic rings. The predicted molar refractivity (Wildman–Crippen MR) is 76.7 cm³/mol. The summed E-state index contributed by atoms with van der Waals surface area (Å²) in [6, 6.07) is 4.45. The van der Waals surface area contributed by atoms with Crippen LogP contribution in [-0.4, -0.2) is 34.1 Å². The molecule has 10 heteroatoms. The zero-order chi connectivity index (χ0) is 16.8. The Morgan fingerprint density at radius 1 is 1.35 bits per heavy atom. The molecule has 0 radical (unpaired) electrons. The van der Waals surface area contributed by atoms with Crippen molar-refractivity contribution in [2.45, 2.75) is 4.90 Å². The van der Waals surface area contributed by atoms with Crippen molar-refractivity contribution < 1.29 is 22.7 Å². The average Bonchev–Trinajstić information content (AvgIpc) is 2.85. The number of carboxylic acids is 1. The SMILES string of the molecule is NS(=O)(=O)c1ccc(-c2nn3cccnc3c2C(=O)O)c(F)c1. The van der Waals surface area contributed by atoms with Gasteiger partial charge in [-0.1, -0.05) is 0 Å². The second kappa shape index (κ2) is 5.11. The van der Waals surface area contributed by atoms with Gasteiger partial charge in [-0.15, -0.1) is 0 Å². The smallest absolute Gasteiger partial charge is 0.341 e. The molecule has 0 saturated heterocycles. The largest absolute Gasteiger partial charge is 0.477 e. The lowest BCUT2D eigenvalue weighted by molar-refractivity contribution is 0.0699. The first-order chi connectivity index (χ1) is 10.8. The Morgan fingerprint density at radius 2 is 2.09 bits per heavy atom. The van der Waals surface area contributed by atoms with Crippen LogP contribution in [-0.2, 0) is 10.0 Å². The molecule has 23 heavy (non-hydrogen) atoms. The Morgan fingerprint density at radius 3 is 2.70 bits per heavy atom. The van der Waals surface area contributed by atoms with Crippen LogP contribution in [0, 0.1) is 5.82 Å². The number of hydrogen-bond acceptors (Lipinski definition) is 5. The Balaban J connectivity index is 2.29. The Kier molecular flexibility index (Phi) is 3.34. The molecule has 3 rings (SSSR count). The van der Waals surface area contributed by atoms with E-state index >= 15 is 0 Å². The molecule has 0 aliphatic rings. The van der Waals surface area contributed by atoms with Gasteiger partial charge in [0.15, 0.2) is 5.65 Å². The first kappa shape index (κ1) is 15.1. The molecule has 0 aliphatic carbocycles. The van der Waals surface area contributed by atoms with E-state index in [-0.39, 0.29) is 22.5 Å². The van der Waals surface area contributed by atoms with E-state index in [0.29, 0.717) is 6.07 Å². The Labute approximate surface area is 129 Å². The van der Waals surface area contributed by atoms with Crippen molar-refractivity contribution in [3.05, 3.63) is 48.0 Å². The third-order valence-corrected chi connectivity index (χ3v) is 4.04. The van der Waals surface area contributed by atoms with Gasteiger partial charge in [-0.3, -0.25) is 0 Å². The van der Waals surface area contributed by atoms with Crippen LogP contribution in [0.5, 0.6) is 0 Å². The lowest BCUT2D eigenvalue weighted by atomic mass is 10.1. The van der Waals surface area contributed by atoms with Crippen LogP contribution in [0.3, 0.4) is 0 Å². The van der Waals surface area contributed by atoms with E-state index in [1.165, 1.54) is 23.0 Å². The van der Waals surface area contributed by atoms with E-state index in [1.807, 2.05) is 0 Å². The van der Waals surface area contributed by atoms with Gasteiger partial charge in [-0.05, 0) is 24.3 Å². The minimum atomic E-state index is -4.07. The van der Waals surface area contributed by atoms with Crippen LogP contribution in [0.1, 0.15) is 10.4 Å². The summed E-state index contributed by atoms with van der Waals surface area (Å²) in [6.45, 7) is 0. The highest BCUT2D eigenvalue weighted by molar-refractivity contribution is 7.89. The zero-order valence-electron chi connectivity index (χ0n) is 11.3. The molecular formula is C13H9FN4O4S. The first-order valence-corrected chi connectivity index (χ1v) is 7.73. The molecule has 1 aromatic carbocycles. The molecule has 0 fully saturated rings. The number of hydrogen-bond donors (Lipinski definition) is 2. The number of halogens is 1. The molecule has 118 valence electrons. The zero-order valence-corrected chi connectivity index (χ0v) is 12.2. The minimum absolute atomic E-state index is 0.0462. The van der Waals surface area contributed by atoms with Gasteiger partial charge < -0.3 is 5.11 Å². The molecular weight excluding hydrogens is 327 g/mol. The van der Waals surface area contributed by atoms with Gasteiger partial charge in [0.2, 0.25) is 10.0 Å². The van der Waals surface area contributed by atoms with Gasteiger partial charge in [-0.25, -0.2) is 32.2 Å². The molecule has 0 atom stereocenters. The highest BCUT2D eigenvalue weighted by Gasteiger charge is 2.24. The summed E-state index contributed by atoms with van der Waals surface area (Å²) >= 11 is 0. The summed E-state index contributed by atoms with van der Waals surface area (Å²) in [5.41, 5.74) is -0.562. The third kappa shape index (κ3) is 2.53. The highest BCUT2D eigenvalue weighted by Crippen LogP contribution is 2.28. The van der Waals surface area contributed by atoms with E-state index in [0.717, 1.165) is 12.1 Å². The molecule has 2 aromatic heterocycles. The van der Waals surface area contributed by atoms with Crippen molar-refractivity contribution in [3.63, 3.8) is 0 Å². The monoisotopic (exact) mass is 336 g/mol. The van der Waals surface area contributed by atoms with E-state index in [2.05, 4.69) is 10.1 Å². The summed E-state index contributed by atoms with van der Waals surface area (Å²) in [6.07, 6.45) is 2.85. The number of nitrogens with two attached hydrogens (primary N) is 1. The van der Waals surface area contributed by atoms with E-state index in [9.17, 15) is 22.7 Å². The number of carboxylic acid groups (broad SMARTS) is 1. The molecule has 2 heterocycles. The van der Waals surface area contributed by atoms with Crippen molar-refractivity contribution in [1.29, 1.82) is 0 Å². The lowest BCUT2D eigenvalue weighted by Gasteiger charge is -2.03. The number of sulfonamides is 1. The van der Waals surface area contributed by atoms with Gasteiger partial charge in [-0.2, -0.15) is 5.10 Å². The number of aromatic nitrogens is 3. The maximum Gasteiger partial charge on any atom is 0.341 e. The van der Waals surface area contributed by atoms with Gasteiger partial charge in [0.05, 0.1) is 4.90 Å². The van der Waals surface area contributed by atoms with Crippen molar-refractivity contribution in [1.82, 2.24) is 14.6 Å². The van der Waals surface area contributed by atoms with E-state index < -0.39 is 26.7 Å². The second-order valence-corrected chi connectivity index (χ2v) is 6.16. The molecule has 0 saturated carbocycles. The highest BCUT2D eigenvalue weighted by atomic mass is 32.2. The minimum Gasteiger partial charge on any atom is -0.477 e. The topological polar surface area (TPSA) is 128 Å². The Bertz CT molecular complexity index is 1050. The molecule has 0 aliphatic heterocycles. The average molecular weight is 336 g/mol. The summed E-state index contributed by atoms with van der Waals surface area (Å²) in [5.74, 6) is -2.29. The van der Waals surface area contributed by atoms with Crippen molar-refractivity contribution >= 4 is 21.6 Å². The summed E-state index contributed by atoms with van der Waals surface area (Å²) in [4.78, 5) is 15.0. The van der Waals surface area contributed by atoms with Crippen molar-refractivity contribution in [3.8, 4) is 11.3 Å². The summed E-state index contributed by atoms with van der Waals surface area (Å²) in [7, 11) is -4.07. The van der Waals surface area contributed by atoms with E-state index in [4.69, 9.17) is 5.14 Å². The predicted octanol–water partition coefficient (Wildman–Crippen LogP) is 0.881. The van der Waals surface area contributed by atoms with Crippen LogP contribution in [0.25, 0.3) is 16.9 Å².